The van der Waals surface area contributed by atoms with Gasteiger partial charge in [0.2, 0.25) is 11.7 Å². The third kappa shape index (κ3) is 3.49. The van der Waals surface area contributed by atoms with Crippen molar-refractivity contribution in [2.75, 3.05) is 0 Å². The Morgan fingerprint density at radius 2 is 1.84 bits per heavy atom. The first kappa shape index (κ1) is 17.0. The summed E-state index contributed by atoms with van der Waals surface area (Å²) in [7, 11) is 0. The molecule has 0 radical (unpaired) electrons. The maximum absolute atomic E-state index is 12.9. The smallest absolute Gasteiger partial charge is 0.425 e. The fourth-order valence-corrected chi connectivity index (χ4v) is 1.97. The lowest BCUT2D eigenvalue weighted by Gasteiger charge is -2.16. The van der Waals surface area contributed by atoms with Gasteiger partial charge in [-0.3, -0.25) is 9.38 Å². The van der Waals surface area contributed by atoms with Crippen molar-refractivity contribution in [3.63, 3.8) is 0 Å². The second-order valence-electron chi connectivity index (χ2n) is 5.05. The fraction of sp³-hybridized carbons (Fsp3) is 0.286. The number of hydrogen-bond donors (Lipinski definition) is 0. The maximum Gasteiger partial charge on any atom is 0.425 e. The molecular weight excluding hydrogens is 349 g/mol. The number of alkyl halides is 5. The average Bonchev–Trinajstić information content (AvgIpc) is 2.98. The molecule has 0 bridgehead atoms. The van der Waals surface area contributed by atoms with Crippen molar-refractivity contribution in [1.82, 2.24) is 24.6 Å². The van der Waals surface area contributed by atoms with Crippen molar-refractivity contribution in [3.05, 3.63) is 36.5 Å². The van der Waals surface area contributed by atoms with Gasteiger partial charge in [0.25, 0.3) is 6.43 Å². The molecule has 3 aromatic rings. The fourth-order valence-electron chi connectivity index (χ4n) is 1.97. The number of fused-ring (bicyclic) bond motifs is 1. The van der Waals surface area contributed by atoms with Crippen LogP contribution in [0.1, 0.15) is 19.2 Å². The van der Waals surface area contributed by atoms with Gasteiger partial charge < -0.3 is 4.74 Å². The van der Waals surface area contributed by atoms with E-state index in [1.54, 1.807) is 0 Å². The molecule has 3 aromatic heterocycles. The van der Waals surface area contributed by atoms with Gasteiger partial charge in [0.15, 0.2) is 11.8 Å². The van der Waals surface area contributed by atoms with Crippen LogP contribution in [0.15, 0.2) is 30.7 Å². The predicted octanol–water partition coefficient (Wildman–Crippen LogP) is 3.45. The Kier molecular flexibility index (Phi) is 4.23. The molecule has 1 atom stereocenters. The highest BCUT2D eigenvalue weighted by Crippen LogP contribution is 2.25. The number of halogens is 5. The minimum atomic E-state index is -4.51. The van der Waals surface area contributed by atoms with E-state index in [1.165, 1.54) is 30.7 Å². The molecule has 0 N–H and O–H groups in total. The van der Waals surface area contributed by atoms with E-state index in [-0.39, 0.29) is 17.2 Å². The zero-order chi connectivity index (χ0) is 18.2. The van der Waals surface area contributed by atoms with E-state index in [0.717, 1.165) is 11.3 Å². The van der Waals surface area contributed by atoms with Gasteiger partial charge in [-0.15, -0.1) is 10.2 Å². The van der Waals surface area contributed by atoms with Crippen molar-refractivity contribution < 1.29 is 26.7 Å². The Balaban J connectivity index is 1.87. The summed E-state index contributed by atoms with van der Waals surface area (Å²) >= 11 is 0. The molecule has 0 aliphatic rings. The Morgan fingerprint density at radius 3 is 2.44 bits per heavy atom. The van der Waals surface area contributed by atoms with Crippen LogP contribution in [0.2, 0.25) is 0 Å². The van der Waals surface area contributed by atoms with E-state index in [4.69, 9.17) is 4.74 Å². The Hall–Kier alpha value is -2.85. The first-order valence-electron chi connectivity index (χ1n) is 6.94. The molecule has 0 saturated carbocycles. The summed E-state index contributed by atoms with van der Waals surface area (Å²) in [5.41, 5.74) is 0.825. The molecule has 0 aliphatic heterocycles. The largest absolute Gasteiger partial charge is 0.465 e. The van der Waals surface area contributed by atoms with Gasteiger partial charge in [-0.2, -0.15) is 13.2 Å². The van der Waals surface area contributed by atoms with Crippen molar-refractivity contribution in [2.24, 2.45) is 0 Å². The number of pyridine rings is 1. The number of ether oxygens (including phenoxy) is 1. The third-order valence-corrected chi connectivity index (χ3v) is 3.30. The molecule has 132 valence electrons. The van der Waals surface area contributed by atoms with Crippen molar-refractivity contribution in [3.8, 4) is 17.1 Å². The molecule has 3 heterocycles. The van der Waals surface area contributed by atoms with Crippen LogP contribution in [0.5, 0.6) is 5.88 Å². The van der Waals surface area contributed by atoms with Gasteiger partial charge in [-0.05, 0) is 13.0 Å². The van der Waals surface area contributed by atoms with Crippen molar-refractivity contribution in [2.45, 2.75) is 25.6 Å². The van der Waals surface area contributed by atoms with Crippen LogP contribution < -0.4 is 4.74 Å². The maximum atomic E-state index is 12.9. The molecule has 6 nitrogen and oxygen atoms in total. The highest BCUT2D eigenvalue weighted by molar-refractivity contribution is 5.58. The summed E-state index contributed by atoms with van der Waals surface area (Å²) in [6.07, 6.45) is -5.54. The molecular formula is C14H10F5N5O. The standard InChI is InChI=1S/C14H10F5N5O/c1-7(14(17,18)19)25-11-3-2-8(4-21-11)9-6-24-10(5-20-9)22-23-13(24)12(15)16/h2-7,12H,1H3/t7-/m0/s1. The summed E-state index contributed by atoms with van der Waals surface area (Å²) < 4.78 is 68.9. The van der Waals surface area contributed by atoms with Gasteiger partial charge in [0.05, 0.1) is 11.9 Å². The van der Waals surface area contributed by atoms with Crippen molar-refractivity contribution in [1.29, 1.82) is 0 Å². The van der Waals surface area contributed by atoms with E-state index in [1.807, 2.05) is 0 Å². The number of rotatable bonds is 4. The molecule has 11 heteroatoms. The molecule has 0 spiro atoms. The quantitative estimate of drug-likeness (QED) is 0.668. The van der Waals surface area contributed by atoms with E-state index in [0.29, 0.717) is 5.56 Å². The van der Waals surface area contributed by atoms with E-state index < -0.39 is 24.5 Å². The van der Waals surface area contributed by atoms with Crippen molar-refractivity contribution >= 4 is 5.65 Å². The summed E-state index contributed by atoms with van der Waals surface area (Å²) in [4.78, 5) is 7.83. The topological polar surface area (TPSA) is 65.2 Å². The van der Waals surface area contributed by atoms with Gasteiger partial charge in [0.1, 0.15) is 0 Å². The lowest BCUT2D eigenvalue weighted by atomic mass is 10.2. The summed E-state index contributed by atoms with van der Waals surface area (Å²) in [6, 6.07) is 2.66. The summed E-state index contributed by atoms with van der Waals surface area (Å²) in [6.45, 7) is 0.864. The minimum Gasteiger partial charge on any atom is -0.465 e. The number of nitrogens with zero attached hydrogens (tertiary/aromatic N) is 5. The molecule has 0 amide bonds. The second kappa shape index (κ2) is 6.22. The zero-order valence-corrected chi connectivity index (χ0v) is 12.6. The molecule has 0 saturated heterocycles. The zero-order valence-electron chi connectivity index (χ0n) is 12.6. The molecule has 0 aliphatic carbocycles. The van der Waals surface area contributed by atoms with Crippen LogP contribution in [-0.4, -0.2) is 36.8 Å². The Labute approximate surface area is 137 Å². The van der Waals surface area contributed by atoms with Crippen LogP contribution in [0, 0.1) is 0 Å². The predicted molar refractivity (Wildman–Crippen MR) is 75.1 cm³/mol. The van der Waals surface area contributed by atoms with E-state index in [2.05, 4.69) is 20.2 Å². The number of hydrogen-bond acceptors (Lipinski definition) is 5. The van der Waals surface area contributed by atoms with Gasteiger partial charge in [0, 0.05) is 24.0 Å². The molecule has 3 rings (SSSR count). The highest BCUT2D eigenvalue weighted by Gasteiger charge is 2.38. The molecule has 0 unspecified atom stereocenters. The summed E-state index contributed by atoms with van der Waals surface area (Å²) in [5.74, 6) is -0.752. The first-order chi connectivity index (χ1) is 11.8. The lowest BCUT2D eigenvalue weighted by molar-refractivity contribution is -0.189. The lowest BCUT2D eigenvalue weighted by Crippen LogP contribution is -2.31. The first-order valence-corrected chi connectivity index (χ1v) is 6.94. The van der Waals surface area contributed by atoms with Crippen LogP contribution in [0.4, 0.5) is 22.0 Å². The normalized spacial score (nSPS) is 13.4. The number of aromatic nitrogens is 5. The molecule has 0 aromatic carbocycles. The second-order valence-corrected chi connectivity index (χ2v) is 5.05. The van der Waals surface area contributed by atoms with Gasteiger partial charge in [-0.1, -0.05) is 0 Å². The summed E-state index contributed by atoms with van der Waals surface area (Å²) in [5, 5.41) is 6.95. The van der Waals surface area contributed by atoms with E-state index >= 15 is 0 Å². The Bertz CT molecular complexity index is 877. The minimum absolute atomic E-state index is 0.144. The van der Waals surface area contributed by atoms with E-state index in [9.17, 15) is 22.0 Å². The molecule has 25 heavy (non-hydrogen) atoms. The highest BCUT2D eigenvalue weighted by atomic mass is 19.4. The SMILES string of the molecule is C[C@H](Oc1ccc(-c2cn3c(C(F)F)nnc3cn2)cn1)C(F)(F)F. The van der Waals surface area contributed by atoms with Crippen LogP contribution in [0.25, 0.3) is 16.9 Å². The van der Waals surface area contributed by atoms with Crippen LogP contribution >= 0.6 is 0 Å². The Morgan fingerprint density at radius 1 is 1.08 bits per heavy atom. The third-order valence-electron chi connectivity index (χ3n) is 3.30. The van der Waals surface area contributed by atoms with Gasteiger partial charge >= 0.3 is 6.18 Å². The van der Waals surface area contributed by atoms with Crippen LogP contribution in [0.3, 0.4) is 0 Å². The molecule has 0 fully saturated rings. The van der Waals surface area contributed by atoms with Crippen LogP contribution in [-0.2, 0) is 0 Å². The monoisotopic (exact) mass is 359 g/mol. The average molecular weight is 359 g/mol. The van der Waals surface area contributed by atoms with Gasteiger partial charge in [-0.25, -0.2) is 13.8 Å².